The van der Waals surface area contributed by atoms with Gasteiger partial charge >= 0.3 is 0 Å². The van der Waals surface area contributed by atoms with Crippen LogP contribution in [0.25, 0.3) is 0 Å². The molecule has 1 unspecified atom stereocenters. The van der Waals surface area contributed by atoms with Gasteiger partial charge in [-0.1, -0.05) is 11.6 Å². The maximum Gasteiger partial charge on any atom is 0.138 e. The van der Waals surface area contributed by atoms with Crippen molar-refractivity contribution in [3.8, 4) is 6.07 Å². The van der Waals surface area contributed by atoms with E-state index in [4.69, 9.17) is 16.9 Å². The van der Waals surface area contributed by atoms with Crippen molar-refractivity contribution in [1.82, 2.24) is 14.8 Å². The summed E-state index contributed by atoms with van der Waals surface area (Å²) in [6.45, 7) is 0.767. The van der Waals surface area contributed by atoms with Gasteiger partial charge in [0.1, 0.15) is 18.2 Å². The van der Waals surface area contributed by atoms with Crippen molar-refractivity contribution < 1.29 is 0 Å². The summed E-state index contributed by atoms with van der Waals surface area (Å²) in [6, 6.07) is 7.72. The van der Waals surface area contributed by atoms with Gasteiger partial charge in [0, 0.05) is 17.5 Å². The molecule has 3 rings (SSSR count). The largest absolute Gasteiger partial charge is 0.379 e. The predicted octanol–water partition coefficient (Wildman–Crippen LogP) is 2.23. The molecule has 0 amide bonds. The van der Waals surface area contributed by atoms with Crippen molar-refractivity contribution in [3.05, 3.63) is 40.9 Å². The van der Waals surface area contributed by atoms with Crippen LogP contribution in [0, 0.1) is 11.3 Å². The van der Waals surface area contributed by atoms with Gasteiger partial charge in [0.15, 0.2) is 0 Å². The molecule has 0 saturated carbocycles. The zero-order valence-electron chi connectivity index (χ0n) is 10.2. The molecule has 0 radical (unpaired) electrons. The highest BCUT2D eigenvalue weighted by atomic mass is 35.5. The van der Waals surface area contributed by atoms with Gasteiger partial charge in [-0.25, -0.2) is 9.67 Å². The Labute approximate surface area is 115 Å². The minimum atomic E-state index is 0.252. The second kappa shape index (κ2) is 4.90. The van der Waals surface area contributed by atoms with Crippen LogP contribution in [0.5, 0.6) is 0 Å². The van der Waals surface area contributed by atoms with Crippen LogP contribution in [0.1, 0.15) is 17.8 Å². The number of hydrogen-bond acceptors (Lipinski definition) is 4. The van der Waals surface area contributed by atoms with E-state index in [1.165, 1.54) is 0 Å². The SMILES string of the molecule is N#Cc1cc(Cl)ccc1NC1CCc2ncnn2C1. The molecule has 2 aromatic rings. The molecule has 1 aromatic heterocycles. The number of aromatic nitrogens is 3. The number of fused-ring (bicyclic) bond motifs is 1. The first-order chi connectivity index (χ1) is 9.26. The lowest BCUT2D eigenvalue weighted by Crippen LogP contribution is -2.32. The molecule has 0 saturated heterocycles. The molecule has 19 heavy (non-hydrogen) atoms. The second-order valence-corrected chi connectivity index (χ2v) is 4.98. The fraction of sp³-hybridized carbons (Fsp3) is 0.308. The minimum absolute atomic E-state index is 0.252. The van der Waals surface area contributed by atoms with E-state index in [0.29, 0.717) is 10.6 Å². The number of nitrogens with one attached hydrogen (secondary N) is 1. The smallest absolute Gasteiger partial charge is 0.138 e. The van der Waals surface area contributed by atoms with E-state index in [-0.39, 0.29) is 6.04 Å². The molecule has 1 N–H and O–H groups in total. The zero-order valence-corrected chi connectivity index (χ0v) is 10.9. The average Bonchev–Trinajstić information content (AvgIpc) is 2.88. The first-order valence-electron chi connectivity index (χ1n) is 6.09. The van der Waals surface area contributed by atoms with Crippen LogP contribution in [0.3, 0.4) is 0 Å². The molecule has 2 heterocycles. The van der Waals surface area contributed by atoms with Gasteiger partial charge in [0.05, 0.1) is 17.8 Å². The zero-order chi connectivity index (χ0) is 13.2. The number of hydrogen-bond donors (Lipinski definition) is 1. The highest BCUT2D eigenvalue weighted by Gasteiger charge is 2.20. The summed E-state index contributed by atoms with van der Waals surface area (Å²) < 4.78 is 1.91. The Morgan fingerprint density at radius 2 is 2.37 bits per heavy atom. The van der Waals surface area contributed by atoms with Gasteiger partial charge in [-0.2, -0.15) is 10.4 Å². The standard InChI is InChI=1S/C13H12ClN5/c14-10-1-3-12(9(5-10)6-15)18-11-2-4-13-16-8-17-19(13)7-11/h1,3,5,8,11,18H,2,4,7H2. The topological polar surface area (TPSA) is 66.5 Å². The fourth-order valence-corrected chi connectivity index (χ4v) is 2.48. The molecule has 0 bridgehead atoms. The Bertz CT molecular complexity index is 643. The van der Waals surface area contributed by atoms with Crippen molar-refractivity contribution in [2.24, 2.45) is 0 Å². The highest BCUT2D eigenvalue weighted by molar-refractivity contribution is 6.30. The van der Waals surface area contributed by atoms with Crippen LogP contribution in [-0.4, -0.2) is 20.8 Å². The van der Waals surface area contributed by atoms with Gasteiger partial charge in [0.2, 0.25) is 0 Å². The van der Waals surface area contributed by atoms with E-state index >= 15 is 0 Å². The number of halogens is 1. The summed E-state index contributed by atoms with van der Waals surface area (Å²) in [6.07, 6.45) is 3.46. The van der Waals surface area contributed by atoms with E-state index < -0.39 is 0 Å². The lowest BCUT2D eigenvalue weighted by atomic mass is 10.1. The molecular formula is C13H12ClN5. The van der Waals surface area contributed by atoms with Gasteiger partial charge in [0.25, 0.3) is 0 Å². The maximum absolute atomic E-state index is 9.12. The predicted molar refractivity (Wildman–Crippen MR) is 71.9 cm³/mol. The highest BCUT2D eigenvalue weighted by Crippen LogP contribution is 2.23. The summed E-state index contributed by atoms with van der Waals surface area (Å²) >= 11 is 5.89. The number of benzene rings is 1. The Morgan fingerprint density at radius 3 is 3.21 bits per heavy atom. The number of nitriles is 1. The number of nitrogens with zero attached hydrogens (tertiary/aromatic N) is 4. The Hall–Kier alpha value is -2.06. The Morgan fingerprint density at radius 1 is 1.47 bits per heavy atom. The molecule has 0 spiro atoms. The van der Waals surface area contributed by atoms with E-state index in [1.807, 2.05) is 10.7 Å². The molecule has 0 aliphatic carbocycles. The van der Waals surface area contributed by atoms with Crippen molar-refractivity contribution in [2.75, 3.05) is 5.32 Å². The number of aryl methyl sites for hydroxylation is 1. The minimum Gasteiger partial charge on any atom is -0.379 e. The van der Waals surface area contributed by atoms with Crippen molar-refractivity contribution >= 4 is 17.3 Å². The maximum atomic E-state index is 9.12. The third kappa shape index (κ3) is 2.40. The van der Waals surface area contributed by atoms with Crippen molar-refractivity contribution in [3.63, 3.8) is 0 Å². The first kappa shape index (κ1) is 12.0. The van der Waals surface area contributed by atoms with Gasteiger partial charge < -0.3 is 5.32 Å². The summed E-state index contributed by atoms with van der Waals surface area (Å²) in [5, 5.41) is 17.3. The molecular weight excluding hydrogens is 262 g/mol. The quantitative estimate of drug-likeness (QED) is 0.911. The molecule has 5 nitrogen and oxygen atoms in total. The van der Waals surface area contributed by atoms with E-state index in [9.17, 15) is 0 Å². The molecule has 1 aliphatic heterocycles. The lowest BCUT2D eigenvalue weighted by Gasteiger charge is -2.25. The molecule has 96 valence electrons. The summed E-state index contributed by atoms with van der Waals surface area (Å²) in [5.74, 6) is 1.02. The molecule has 6 heteroatoms. The first-order valence-corrected chi connectivity index (χ1v) is 6.47. The normalized spacial score (nSPS) is 17.6. The molecule has 1 atom stereocenters. The monoisotopic (exact) mass is 273 g/mol. The molecule has 0 fully saturated rings. The number of anilines is 1. The average molecular weight is 274 g/mol. The van der Waals surface area contributed by atoms with Gasteiger partial charge in [-0.15, -0.1) is 0 Å². The van der Waals surface area contributed by atoms with Crippen LogP contribution >= 0.6 is 11.6 Å². The Kier molecular flexibility index (Phi) is 3.10. The van der Waals surface area contributed by atoms with E-state index in [2.05, 4.69) is 21.5 Å². The summed E-state index contributed by atoms with van der Waals surface area (Å²) in [7, 11) is 0. The van der Waals surface area contributed by atoms with E-state index in [0.717, 1.165) is 30.9 Å². The summed E-state index contributed by atoms with van der Waals surface area (Å²) in [5.41, 5.74) is 1.39. The van der Waals surface area contributed by atoms with Crippen LogP contribution in [0.4, 0.5) is 5.69 Å². The summed E-state index contributed by atoms with van der Waals surface area (Å²) in [4.78, 5) is 4.20. The molecule has 1 aliphatic rings. The third-order valence-electron chi connectivity index (χ3n) is 3.27. The lowest BCUT2D eigenvalue weighted by molar-refractivity contribution is 0.441. The number of rotatable bonds is 2. The fourth-order valence-electron chi connectivity index (χ4n) is 2.31. The van der Waals surface area contributed by atoms with Crippen molar-refractivity contribution in [2.45, 2.75) is 25.4 Å². The van der Waals surface area contributed by atoms with Crippen molar-refractivity contribution in [1.29, 1.82) is 5.26 Å². The van der Waals surface area contributed by atoms with Gasteiger partial charge in [-0.05, 0) is 24.6 Å². The van der Waals surface area contributed by atoms with Crippen LogP contribution < -0.4 is 5.32 Å². The Balaban J connectivity index is 1.78. The molecule has 1 aromatic carbocycles. The van der Waals surface area contributed by atoms with Crippen LogP contribution in [-0.2, 0) is 13.0 Å². The second-order valence-electron chi connectivity index (χ2n) is 4.54. The van der Waals surface area contributed by atoms with Gasteiger partial charge in [-0.3, -0.25) is 0 Å². The van der Waals surface area contributed by atoms with Crippen LogP contribution in [0.15, 0.2) is 24.5 Å². The third-order valence-corrected chi connectivity index (χ3v) is 3.50. The van der Waals surface area contributed by atoms with Crippen LogP contribution in [0.2, 0.25) is 5.02 Å². The van der Waals surface area contributed by atoms with E-state index in [1.54, 1.807) is 18.5 Å².